The molecule has 0 aliphatic carbocycles. The van der Waals surface area contributed by atoms with Gasteiger partial charge in [0, 0.05) is 21.3 Å². The average molecular weight is 564 g/mol. The lowest BCUT2D eigenvalue weighted by molar-refractivity contribution is -0.113. The molecule has 1 heterocycles. The number of hydrogen-bond acceptors (Lipinski definition) is 2. The molecule has 6 heteroatoms. The first kappa shape index (κ1) is 22.2. The molecule has 3 aromatic rings. The highest BCUT2D eigenvalue weighted by Crippen LogP contribution is 2.40. The molecule has 0 unspecified atom stereocenters. The van der Waals surface area contributed by atoms with Crippen LogP contribution in [0.1, 0.15) is 30.0 Å². The van der Waals surface area contributed by atoms with Crippen LogP contribution in [0.15, 0.2) is 60.7 Å². The minimum Gasteiger partial charge on any atom is -0.486 e. The maximum absolute atomic E-state index is 13.0. The number of anilines is 1. The van der Waals surface area contributed by atoms with Crippen LogP contribution in [0.5, 0.6) is 5.75 Å². The average Bonchev–Trinajstić information content (AvgIpc) is 3.01. The van der Waals surface area contributed by atoms with Crippen molar-refractivity contribution in [3.8, 4) is 5.75 Å². The summed E-state index contributed by atoms with van der Waals surface area (Å²) in [5.41, 5.74) is 4.29. The summed E-state index contributed by atoms with van der Waals surface area (Å²) < 4.78 is 7.05. The standard InChI is InChI=1S/C25H20Cl2INO2/c1-2-11-29-23-6-4-3-5-19(23)20(25(29)30)12-17-13-21(26)24(22(27)14-17)31-15-16-7-9-18(28)10-8-16/h3-10,12-14H,2,11,15H2,1H3/b20-12-. The van der Waals surface area contributed by atoms with Gasteiger partial charge in [-0.3, -0.25) is 4.79 Å². The topological polar surface area (TPSA) is 29.5 Å². The van der Waals surface area contributed by atoms with Crippen LogP contribution in [0.25, 0.3) is 11.6 Å². The van der Waals surface area contributed by atoms with E-state index in [0.29, 0.717) is 34.5 Å². The highest BCUT2D eigenvalue weighted by atomic mass is 127. The minimum atomic E-state index is -0.00525. The maximum atomic E-state index is 13.0. The first-order chi connectivity index (χ1) is 15.0. The second kappa shape index (κ2) is 9.63. The first-order valence-corrected chi connectivity index (χ1v) is 11.8. The Morgan fingerprint density at radius 2 is 1.71 bits per heavy atom. The molecule has 0 saturated heterocycles. The first-order valence-electron chi connectivity index (χ1n) is 9.97. The molecule has 0 aromatic heterocycles. The number of benzene rings is 3. The van der Waals surface area contributed by atoms with Crippen molar-refractivity contribution in [1.29, 1.82) is 0 Å². The summed E-state index contributed by atoms with van der Waals surface area (Å²) in [6.45, 7) is 3.11. The van der Waals surface area contributed by atoms with Crippen molar-refractivity contribution in [2.75, 3.05) is 11.4 Å². The zero-order valence-corrected chi connectivity index (χ0v) is 20.5. The van der Waals surface area contributed by atoms with Gasteiger partial charge in [0.15, 0.2) is 5.75 Å². The minimum absolute atomic E-state index is 0.00525. The molecular weight excluding hydrogens is 544 g/mol. The molecule has 3 aromatic carbocycles. The number of fused-ring (bicyclic) bond motifs is 1. The Labute approximate surface area is 205 Å². The van der Waals surface area contributed by atoms with Gasteiger partial charge in [-0.25, -0.2) is 0 Å². The smallest absolute Gasteiger partial charge is 0.258 e. The monoisotopic (exact) mass is 563 g/mol. The van der Waals surface area contributed by atoms with Crippen LogP contribution in [-0.4, -0.2) is 12.5 Å². The molecule has 3 nitrogen and oxygen atoms in total. The zero-order chi connectivity index (χ0) is 22.0. The Balaban J connectivity index is 1.61. The number of nitrogens with zero attached hydrogens (tertiary/aromatic N) is 1. The molecule has 1 aliphatic heterocycles. The lowest BCUT2D eigenvalue weighted by atomic mass is 10.0. The Morgan fingerprint density at radius 3 is 2.39 bits per heavy atom. The lowest BCUT2D eigenvalue weighted by Gasteiger charge is -2.15. The van der Waals surface area contributed by atoms with Crippen molar-refractivity contribution in [3.63, 3.8) is 0 Å². The number of carbonyl (C=O) groups is 1. The van der Waals surface area contributed by atoms with E-state index in [1.807, 2.05) is 59.5 Å². The summed E-state index contributed by atoms with van der Waals surface area (Å²) in [5.74, 6) is 0.434. The van der Waals surface area contributed by atoms with Gasteiger partial charge in [0.25, 0.3) is 5.91 Å². The van der Waals surface area contributed by atoms with Gasteiger partial charge in [-0.1, -0.05) is 60.5 Å². The van der Waals surface area contributed by atoms with Gasteiger partial charge in [-0.05, 0) is 76.5 Å². The SMILES string of the molecule is CCCN1C(=O)/C(=C\c2cc(Cl)c(OCc3ccc(I)cc3)c(Cl)c2)c2ccccc21. The molecule has 1 amide bonds. The quantitative estimate of drug-likeness (QED) is 0.230. The van der Waals surface area contributed by atoms with Crippen LogP contribution < -0.4 is 9.64 Å². The summed E-state index contributed by atoms with van der Waals surface area (Å²) in [6, 6.07) is 19.5. The van der Waals surface area contributed by atoms with E-state index >= 15 is 0 Å². The molecule has 158 valence electrons. The molecular formula is C25H20Cl2INO2. The Bertz CT molecular complexity index is 1140. The molecule has 0 atom stereocenters. The van der Waals surface area contributed by atoms with Crippen LogP contribution in [0.2, 0.25) is 10.0 Å². The zero-order valence-electron chi connectivity index (χ0n) is 16.9. The van der Waals surface area contributed by atoms with E-state index in [1.165, 1.54) is 0 Å². The van der Waals surface area contributed by atoms with E-state index in [1.54, 1.807) is 12.1 Å². The highest BCUT2D eigenvalue weighted by Gasteiger charge is 2.31. The van der Waals surface area contributed by atoms with Crippen molar-refractivity contribution in [3.05, 3.63) is 91.0 Å². The van der Waals surface area contributed by atoms with Crippen LogP contribution in [0, 0.1) is 3.57 Å². The van der Waals surface area contributed by atoms with Gasteiger partial charge in [-0.2, -0.15) is 0 Å². The van der Waals surface area contributed by atoms with E-state index in [9.17, 15) is 4.79 Å². The summed E-state index contributed by atoms with van der Waals surface area (Å²) in [5, 5.41) is 0.822. The molecule has 4 rings (SSSR count). The Morgan fingerprint density at radius 1 is 1.03 bits per heavy atom. The molecule has 0 spiro atoms. The fourth-order valence-corrected chi connectivity index (χ4v) is 4.57. The van der Waals surface area contributed by atoms with Crippen LogP contribution >= 0.6 is 45.8 Å². The molecule has 0 bridgehead atoms. The number of para-hydroxylation sites is 1. The van der Waals surface area contributed by atoms with E-state index in [4.69, 9.17) is 27.9 Å². The molecule has 0 saturated carbocycles. The molecule has 0 fully saturated rings. The van der Waals surface area contributed by atoms with Crippen molar-refractivity contribution < 1.29 is 9.53 Å². The summed E-state index contributed by atoms with van der Waals surface area (Å²) in [6.07, 6.45) is 2.73. The van der Waals surface area contributed by atoms with Crippen molar-refractivity contribution in [1.82, 2.24) is 0 Å². The summed E-state index contributed by atoms with van der Waals surface area (Å²) in [4.78, 5) is 14.9. The van der Waals surface area contributed by atoms with E-state index in [0.717, 1.165) is 32.4 Å². The van der Waals surface area contributed by atoms with Gasteiger partial charge in [0.05, 0.1) is 15.7 Å². The van der Waals surface area contributed by atoms with Crippen molar-refractivity contribution in [2.24, 2.45) is 0 Å². The van der Waals surface area contributed by atoms with E-state index < -0.39 is 0 Å². The van der Waals surface area contributed by atoms with E-state index in [-0.39, 0.29) is 5.91 Å². The van der Waals surface area contributed by atoms with Gasteiger partial charge in [0.2, 0.25) is 0 Å². The van der Waals surface area contributed by atoms with Crippen LogP contribution in [0.3, 0.4) is 0 Å². The predicted molar refractivity (Wildman–Crippen MR) is 137 cm³/mol. The number of halogens is 3. The summed E-state index contributed by atoms with van der Waals surface area (Å²) >= 11 is 15.2. The lowest BCUT2D eigenvalue weighted by Crippen LogP contribution is -2.26. The van der Waals surface area contributed by atoms with Crippen LogP contribution in [-0.2, 0) is 11.4 Å². The normalized spacial score (nSPS) is 14.3. The number of ether oxygens (including phenoxy) is 1. The van der Waals surface area contributed by atoms with Crippen LogP contribution in [0.4, 0.5) is 5.69 Å². The molecule has 0 radical (unpaired) electrons. The van der Waals surface area contributed by atoms with Crippen molar-refractivity contribution >= 4 is 69.0 Å². The van der Waals surface area contributed by atoms with Gasteiger partial charge in [-0.15, -0.1) is 0 Å². The number of hydrogen-bond donors (Lipinski definition) is 0. The number of amides is 1. The third-order valence-electron chi connectivity index (χ3n) is 5.04. The Hall–Kier alpha value is -2.02. The third-order valence-corrected chi connectivity index (χ3v) is 6.32. The van der Waals surface area contributed by atoms with Crippen molar-refractivity contribution in [2.45, 2.75) is 20.0 Å². The number of carbonyl (C=O) groups excluding carboxylic acids is 1. The Kier molecular flexibility index (Phi) is 6.89. The largest absolute Gasteiger partial charge is 0.486 e. The molecule has 0 N–H and O–H groups in total. The predicted octanol–water partition coefficient (Wildman–Crippen LogP) is 7.47. The summed E-state index contributed by atoms with van der Waals surface area (Å²) in [7, 11) is 0. The fraction of sp³-hybridized carbons (Fsp3) is 0.160. The number of rotatable bonds is 6. The molecule has 1 aliphatic rings. The maximum Gasteiger partial charge on any atom is 0.258 e. The van der Waals surface area contributed by atoms with Gasteiger partial charge >= 0.3 is 0 Å². The van der Waals surface area contributed by atoms with Gasteiger partial charge < -0.3 is 9.64 Å². The third kappa shape index (κ3) is 4.76. The molecule has 31 heavy (non-hydrogen) atoms. The fourth-order valence-electron chi connectivity index (χ4n) is 3.60. The second-order valence-electron chi connectivity index (χ2n) is 7.26. The second-order valence-corrected chi connectivity index (χ2v) is 9.32. The van der Waals surface area contributed by atoms with Gasteiger partial charge in [0.1, 0.15) is 6.61 Å². The van der Waals surface area contributed by atoms with E-state index in [2.05, 4.69) is 29.5 Å². The highest BCUT2D eigenvalue weighted by molar-refractivity contribution is 14.1.